The summed E-state index contributed by atoms with van der Waals surface area (Å²) < 4.78 is 38.8. The lowest BCUT2D eigenvalue weighted by atomic mass is 10.1. The van der Waals surface area contributed by atoms with Gasteiger partial charge in [0.1, 0.15) is 0 Å². The molecule has 0 saturated carbocycles. The summed E-state index contributed by atoms with van der Waals surface area (Å²) in [6.45, 7) is 0.0860. The molecular weight excluding hydrogens is 325 g/mol. The van der Waals surface area contributed by atoms with Gasteiger partial charge in [-0.25, -0.2) is 0 Å². The van der Waals surface area contributed by atoms with Gasteiger partial charge >= 0.3 is 6.18 Å². The van der Waals surface area contributed by atoms with Crippen LogP contribution in [0.1, 0.15) is 22.3 Å². The zero-order valence-electron chi connectivity index (χ0n) is 9.96. The molecule has 0 N–H and O–H groups in total. The molecule has 7 heteroatoms. The van der Waals surface area contributed by atoms with Crippen LogP contribution in [0.15, 0.2) is 22.7 Å². The number of hydrogen-bond donors (Lipinski definition) is 0. The van der Waals surface area contributed by atoms with E-state index in [-0.39, 0.29) is 17.4 Å². The van der Waals surface area contributed by atoms with Gasteiger partial charge in [-0.3, -0.25) is 4.79 Å². The van der Waals surface area contributed by atoms with E-state index >= 15 is 0 Å². The molecule has 0 atom stereocenters. The number of amides is 1. The van der Waals surface area contributed by atoms with Gasteiger partial charge in [-0.1, -0.05) is 15.9 Å². The van der Waals surface area contributed by atoms with Crippen LogP contribution in [0.5, 0.6) is 0 Å². The number of nitriles is 1. The molecule has 1 amide bonds. The SMILES string of the molecule is CN(CCC#N)C(=O)c1ccc(Br)cc1C(F)(F)F. The molecule has 0 aromatic heterocycles. The van der Waals surface area contributed by atoms with E-state index in [0.717, 1.165) is 17.0 Å². The molecule has 3 nitrogen and oxygen atoms in total. The molecule has 0 saturated heterocycles. The fourth-order valence-corrected chi connectivity index (χ4v) is 1.82. The number of hydrogen-bond acceptors (Lipinski definition) is 2. The Hall–Kier alpha value is -1.55. The second-order valence-electron chi connectivity index (χ2n) is 3.82. The van der Waals surface area contributed by atoms with Gasteiger partial charge in [-0.15, -0.1) is 0 Å². The van der Waals surface area contributed by atoms with Gasteiger partial charge < -0.3 is 4.90 Å². The Morgan fingerprint density at radius 3 is 2.63 bits per heavy atom. The maximum absolute atomic E-state index is 12.9. The van der Waals surface area contributed by atoms with E-state index in [4.69, 9.17) is 5.26 Å². The van der Waals surface area contributed by atoms with Crippen molar-refractivity contribution in [3.05, 3.63) is 33.8 Å². The maximum Gasteiger partial charge on any atom is 0.417 e. The van der Waals surface area contributed by atoms with Gasteiger partial charge in [0.25, 0.3) is 5.91 Å². The second-order valence-corrected chi connectivity index (χ2v) is 4.74. The van der Waals surface area contributed by atoms with E-state index in [9.17, 15) is 18.0 Å². The molecule has 0 heterocycles. The minimum atomic E-state index is -4.61. The Morgan fingerprint density at radius 1 is 1.47 bits per heavy atom. The van der Waals surface area contributed by atoms with E-state index in [1.165, 1.54) is 13.1 Å². The monoisotopic (exact) mass is 334 g/mol. The zero-order chi connectivity index (χ0) is 14.6. The van der Waals surface area contributed by atoms with Crippen molar-refractivity contribution in [2.45, 2.75) is 12.6 Å². The van der Waals surface area contributed by atoms with Crippen molar-refractivity contribution in [1.82, 2.24) is 4.90 Å². The Labute approximate surface area is 116 Å². The predicted octanol–water partition coefficient (Wildman–Crippen LogP) is 3.45. The van der Waals surface area contributed by atoms with Crippen molar-refractivity contribution in [3.8, 4) is 6.07 Å². The molecule has 0 fully saturated rings. The fourth-order valence-electron chi connectivity index (χ4n) is 1.46. The van der Waals surface area contributed by atoms with E-state index < -0.39 is 23.2 Å². The highest BCUT2D eigenvalue weighted by molar-refractivity contribution is 9.10. The van der Waals surface area contributed by atoms with Crippen molar-refractivity contribution < 1.29 is 18.0 Å². The average Bonchev–Trinajstić information content (AvgIpc) is 2.34. The second kappa shape index (κ2) is 6.06. The van der Waals surface area contributed by atoms with Crippen LogP contribution in [0.25, 0.3) is 0 Å². The number of nitrogens with zero attached hydrogens (tertiary/aromatic N) is 2. The number of benzene rings is 1. The van der Waals surface area contributed by atoms with Gasteiger partial charge in [0.05, 0.1) is 23.6 Å². The van der Waals surface area contributed by atoms with Gasteiger partial charge in [-0.2, -0.15) is 18.4 Å². The molecule has 1 aromatic carbocycles. The van der Waals surface area contributed by atoms with Crippen LogP contribution >= 0.6 is 15.9 Å². The summed E-state index contributed by atoms with van der Waals surface area (Å²) in [5.41, 5.74) is -1.41. The van der Waals surface area contributed by atoms with Crippen molar-refractivity contribution >= 4 is 21.8 Å². The molecule has 0 bridgehead atoms. The Kier molecular flexibility index (Phi) is 4.95. The van der Waals surface area contributed by atoms with E-state index in [0.29, 0.717) is 0 Å². The first kappa shape index (κ1) is 15.5. The van der Waals surface area contributed by atoms with Crippen molar-refractivity contribution in [2.24, 2.45) is 0 Å². The Balaban J connectivity index is 3.13. The predicted molar refractivity (Wildman–Crippen MR) is 66.3 cm³/mol. The van der Waals surface area contributed by atoms with Crippen LogP contribution in [0, 0.1) is 11.3 Å². The molecule has 19 heavy (non-hydrogen) atoms. The first-order valence-corrected chi connectivity index (χ1v) is 6.06. The number of rotatable bonds is 3. The summed E-state index contributed by atoms with van der Waals surface area (Å²) >= 11 is 2.95. The van der Waals surface area contributed by atoms with E-state index in [1.807, 2.05) is 6.07 Å². The normalized spacial score (nSPS) is 10.9. The fraction of sp³-hybridized carbons (Fsp3) is 0.333. The number of alkyl halides is 3. The van der Waals surface area contributed by atoms with Gasteiger partial charge in [0.15, 0.2) is 0 Å². The molecule has 0 aliphatic carbocycles. The number of carbonyl (C=O) groups excluding carboxylic acids is 1. The average molecular weight is 335 g/mol. The highest BCUT2D eigenvalue weighted by Crippen LogP contribution is 2.34. The van der Waals surface area contributed by atoms with Crippen LogP contribution in [0.4, 0.5) is 13.2 Å². The molecule has 1 rings (SSSR count). The lowest BCUT2D eigenvalue weighted by Gasteiger charge is -2.19. The summed E-state index contributed by atoms with van der Waals surface area (Å²) in [7, 11) is 1.36. The maximum atomic E-state index is 12.9. The molecule has 0 unspecified atom stereocenters. The smallest absolute Gasteiger partial charge is 0.341 e. The summed E-state index contributed by atoms with van der Waals surface area (Å²) in [5, 5.41) is 8.41. The molecular formula is C12H10BrF3N2O. The third-order valence-electron chi connectivity index (χ3n) is 2.42. The molecule has 102 valence electrons. The van der Waals surface area contributed by atoms with Crippen LogP contribution < -0.4 is 0 Å². The van der Waals surface area contributed by atoms with Crippen LogP contribution in [0.3, 0.4) is 0 Å². The lowest BCUT2D eigenvalue weighted by molar-refractivity contribution is -0.138. The van der Waals surface area contributed by atoms with Crippen molar-refractivity contribution in [1.29, 1.82) is 5.26 Å². The standard InChI is InChI=1S/C12H10BrF3N2O/c1-18(6-2-5-17)11(19)9-4-3-8(13)7-10(9)12(14,15)16/h3-4,7H,2,6H2,1H3. The highest BCUT2D eigenvalue weighted by Gasteiger charge is 2.36. The van der Waals surface area contributed by atoms with Gasteiger partial charge in [0, 0.05) is 18.1 Å². The summed E-state index contributed by atoms with van der Waals surface area (Å²) in [6.07, 6.45) is -4.54. The zero-order valence-corrected chi connectivity index (χ0v) is 11.5. The quantitative estimate of drug-likeness (QED) is 0.849. The van der Waals surface area contributed by atoms with Crippen LogP contribution in [0.2, 0.25) is 0 Å². The molecule has 1 aromatic rings. The van der Waals surface area contributed by atoms with Crippen LogP contribution in [-0.2, 0) is 6.18 Å². The molecule has 0 aliphatic rings. The number of carbonyl (C=O) groups is 1. The Bertz CT molecular complexity index is 523. The van der Waals surface area contributed by atoms with Gasteiger partial charge in [-0.05, 0) is 18.2 Å². The minimum Gasteiger partial charge on any atom is -0.341 e. The highest BCUT2D eigenvalue weighted by atomic mass is 79.9. The summed E-state index contributed by atoms with van der Waals surface area (Å²) in [6, 6.07) is 5.20. The van der Waals surface area contributed by atoms with Gasteiger partial charge in [0.2, 0.25) is 0 Å². The molecule has 0 aliphatic heterocycles. The first-order valence-electron chi connectivity index (χ1n) is 5.26. The largest absolute Gasteiger partial charge is 0.417 e. The van der Waals surface area contributed by atoms with E-state index in [1.54, 1.807) is 0 Å². The lowest BCUT2D eigenvalue weighted by Crippen LogP contribution is -2.29. The summed E-state index contributed by atoms with van der Waals surface area (Å²) in [4.78, 5) is 13.0. The third-order valence-corrected chi connectivity index (χ3v) is 2.92. The third kappa shape index (κ3) is 3.96. The topological polar surface area (TPSA) is 44.1 Å². The summed E-state index contributed by atoms with van der Waals surface area (Å²) in [5.74, 6) is -0.755. The van der Waals surface area contributed by atoms with Crippen LogP contribution in [-0.4, -0.2) is 24.4 Å². The van der Waals surface area contributed by atoms with E-state index in [2.05, 4.69) is 15.9 Å². The minimum absolute atomic E-state index is 0.0696. The molecule has 0 spiro atoms. The Morgan fingerprint density at radius 2 is 2.11 bits per heavy atom. The van der Waals surface area contributed by atoms with Crippen molar-refractivity contribution in [3.63, 3.8) is 0 Å². The first-order chi connectivity index (χ1) is 8.77. The number of halogens is 4. The molecule has 0 radical (unpaired) electrons. The van der Waals surface area contributed by atoms with Crippen molar-refractivity contribution in [2.75, 3.05) is 13.6 Å².